The van der Waals surface area contributed by atoms with Crippen molar-refractivity contribution in [1.29, 1.82) is 0 Å². The maximum absolute atomic E-state index is 10.6. The van der Waals surface area contributed by atoms with Crippen molar-refractivity contribution in [3.8, 4) is 0 Å². The number of carbonyl (C=O) groups is 2. The van der Waals surface area contributed by atoms with Crippen LogP contribution in [-0.2, 0) is 14.3 Å². The highest BCUT2D eigenvalue weighted by Gasteiger charge is 2.19. The molecule has 0 unspecified atom stereocenters. The molecule has 6 heteroatoms. The van der Waals surface area contributed by atoms with Crippen LogP contribution in [0.15, 0.2) is 0 Å². The highest BCUT2D eigenvalue weighted by atomic mass is 16.5. The Labute approximate surface area is 101 Å². The molecule has 0 aromatic carbocycles. The Kier molecular flexibility index (Phi) is 5.93. The van der Waals surface area contributed by atoms with E-state index in [0.29, 0.717) is 13.0 Å². The molecule has 0 bridgehead atoms. The summed E-state index contributed by atoms with van der Waals surface area (Å²) in [5, 5.41) is 8.47. The lowest BCUT2D eigenvalue weighted by Crippen LogP contribution is -2.38. The Morgan fingerprint density at radius 1 is 1.29 bits per heavy atom. The number of amides is 1. The van der Waals surface area contributed by atoms with E-state index in [4.69, 9.17) is 15.6 Å². The van der Waals surface area contributed by atoms with Crippen molar-refractivity contribution in [2.24, 2.45) is 5.73 Å². The summed E-state index contributed by atoms with van der Waals surface area (Å²) in [6.07, 6.45) is 2.38. The largest absolute Gasteiger partial charge is 0.481 e. The molecule has 3 N–H and O–H groups in total. The van der Waals surface area contributed by atoms with Gasteiger partial charge in [-0.1, -0.05) is 0 Å². The molecule has 0 atom stereocenters. The molecule has 98 valence electrons. The van der Waals surface area contributed by atoms with Crippen molar-refractivity contribution in [2.45, 2.75) is 31.8 Å². The number of ether oxygens (including phenoxy) is 1. The zero-order chi connectivity index (χ0) is 12.7. The molecule has 1 fully saturated rings. The summed E-state index contributed by atoms with van der Waals surface area (Å²) in [5.74, 6) is -1.10. The molecule has 6 nitrogen and oxygen atoms in total. The first-order valence-corrected chi connectivity index (χ1v) is 5.92. The minimum absolute atomic E-state index is 0.0574. The van der Waals surface area contributed by atoms with Crippen LogP contribution in [0.1, 0.15) is 25.7 Å². The summed E-state index contributed by atoms with van der Waals surface area (Å²) in [4.78, 5) is 23.1. The Hall–Kier alpha value is -1.14. The highest BCUT2D eigenvalue weighted by Crippen LogP contribution is 2.13. The Morgan fingerprint density at radius 3 is 2.47 bits per heavy atom. The number of piperidine rings is 1. The second-order valence-corrected chi connectivity index (χ2v) is 4.27. The van der Waals surface area contributed by atoms with Crippen LogP contribution in [0.4, 0.5) is 0 Å². The average molecular weight is 244 g/mol. The molecular weight excluding hydrogens is 224 g/mol. The zero-order valence-corrected chi connectivity index (χ0v) is 9.93. The first kappa shape index (κ1) is 13.9. The zero-order valence-electron chi connectivity index (χ0n) is 9.93. The molecule has 0 saturated carbocycles. The van der Waals surface area contributed by atoms with Crippen LogP contribution < -0.4 is 5.73 Å². The molecule has 0 aromatic rings. The van der Waals surface area contributed by atoms with Gasteiger partial charge in [-0.3, -0.25) is 9.59 Å². The normalized spacial score (nSPS) is 18.1. The number of primary amides is 1. The fourth-order valence-electron chi connectivity index (χ4n) is 1.88. The molecule has 0 aromatic heterocycles. The van der Waals surface area contributed by atoms with Gasteiger partial charge in [-0.2, -0.15) is 0 Å². The van der Waals surface area contributed by atoms with Gasteiger partial charge in [0.15, 0.2) is 0 Å². The fourth-order valence-corrected chi connectivity index (χ4v) is 1.88. The van der Waals surface area contributed by atoms with Gasteiger partial charge in [-0.05, 0) is 12.8 Å². The van der Waals surface area contributed by atoms with E-state index in [1.54, 1.807) is 0 Å². The minimum Gasteiger partial charge on any atom is -0.481 e. The minimum atomic E-state index is -0.830. The molecule has 1 saturated heterocycles. The lowest BCUT2D eigenvalue weighted by Gasteiger charge is -2.31. The van der Waals surface area contributed by atoms with E-state index in [1.165, 1.54) is 0 Å². The van der Waals surface area contributed by atoms with Crippen molar-refractivity contribution >= 4 is 11.9 Å². The Bertz CT molecular complexity index is 262. The Balaban J connectivity index is 2.08. The predicted octanol–water partition coefficient (Wildman–Crippen LogP) is -0.182. The third-order valence-electron chi connectivity index (χ3n) is 2.88. The number of likely N-dealkylation sites (tertiary alicyclic amines) is 1. The smallest absolute Gasteiger partial charge is 0.305 e. The van der Waals surface area contributed by atoms with Crippen LogP contribution >= 0.6 is 0 Å². The molecule has 17 heavy (non-hydrogen) atoms. The molecule has 0 spiro atoms. The van der Waals surface area contributed by atoms with Gasteiger partial charge in [0.1, 0.15) is 0 Å². The van der Waals surface area contributed by atoms with Gasteiger partial charge in [0, 0.05) is 26.1 Å². The number of nitrogens with two attached hydrogens (primary N) is 1. The van der Waals surface area contributed by atoms with E-state index in [0.717, 1.165) is 25.9 Å². The number of carboxylic acids is 1. The van der Waals surface area contributed by atoms with Gasteiger partial charge >= 0.3 is 5.97 Å². The summed E-state index contributed by atoms with van der Waals surface area (Å²) in [7, 11) is 0. The SMILES string of the molecule is NC(=O)CCN1CCC(OCCC(=O)O)CC1. The van der Waals surface area contributed by atoms with Crippen LogP contribution in [0.5, 0.6) is 0 Å². The molecule has 1 aliphatic rings. The number of hydrogen-bond donors (Lipinski definition) is 2. The first-order chi connectivity index (χ1) is 8.08. The quantitative estimate of drug-likeness (QED) is 0.648. The maximum atomic E-state index is 10.6. The van der Waals surface area contributed by atoms with Crippen LogP contribution in [0.2, 0.25) is 0 Å². The van der Waals surface area contributed by atoms with Crippen molar-refractivity contribution in [3.63, 3.8) is 0 Å². The van der Waals surface area contributed by atoms with Gasteiger partial charge in [0.2, 0.25) is 5.91 Å². The van der Waals surface area contributed by atoms with Crippen molar-refractivity contribution < 1.29 is 19.4 Å². The average Bonchev–Trinajstić information content (AvgIpc) is 2.27. The maximum Gasteiger partial charge on any atom is 0.305 e. The van der Waals surface area contributed by atoms with Gasteiger partial charge in [0.25, 0.3) is 0 Å². The second kappa shape index (κ2) is 7.24. The summed E-state index contributed by atoms with van der Waals surface area (Å²) in [5.41, 5.74) is 5.09. The Morgan fingerprint density at radius 2 is 1.94 bits per heavy atom. The monoisotopic (exact) mass is 244 g/mol. The van der Waals surface area contributed by atoms with E-state index in [-0.39, 0.29) is 25.0 Å². The molecule has 1 heterocycles. The van der Waals surface area contributed by atoms with Crippen LogP contribution in [-0.4, -0.2) is 54.2 Å². The standard InChI is InChI=1S/C11H20N2O4/c12-10(14)3-7-13-5-1-9(2-6-13)17-8-4-11(15)16/h9H,1-8H2,(H2,12,14)(H,15,16). The number of hydrogen-bond acceptors (Lipinski definition) is 4. The van der Waals surface area contributed by atoms with Gasteiger partial charge in [-0.15, -0.1) is 0 Å². The molecular formula is C11H20N2O4. The highest BCUT2D eigenvalue weighted by molar-refractivity contribution is 5.73. The number of nitrogens with zero attached hydrogens (tertiary/aromatic N) is 1. The second-order valence-electron chi connectivity index (χ2n) is 4.27. The van der Waals surface area contributed by atoms with Crippen LogP contribution in [0.3, 0.4) is 0 Å². The summed E-state index contributed by atoms with van der Waals surface area (Å²) in [6, 6.07) is 0. The third kappa shape index (κ3) is 6.23. The van der Waals surface area contributed by atoms with E-state index < -0.39 is 5.97 Å². The van der Waals surface area contributed by atoms with Crippen molar-refractivity contribution in [1.82, 2.24) is 4.90 Å². The van der Waals surface area contributed by atoms with Crippen molar-refractivity contribution in [3.05, 3.63) is 0 Å². The van der Waals surface area contributed by atoms with E-state index >= 15 is 0 Å². The van der Waals surface area contributed by atoms with E-state index in [9.17, 15) is 9.59 Å². The topological polar surface area (TPSA) is 92.9 Å². The molecule has 1 amide bonds. The molecule has 1 aliphatic heterocycles. The van der Waals surface area contributed by atoms with Gasteiger partial charge in [0.05, 0.1) is 19.1 Å². The third-order valence-corrected chi connectivity index (χ3v) is 2.88. The summed E-state index contributed by atoms with van der Waals surface area (Å²) >= 11 is 0. The number of carbonyl (C=O) groups excluding carboxylic acids is 1. The predicted molar refractivity (Wildman–Crippen MR) is 61.5 cm³/mol. The summed E-state index contributed by atoms with van der Waals surface area (Å²) < 4.78 is 5.47. The van der Waals surface area contributed by atoms with Gasteiger partial charge < -0.3 is 20.5 Å². The molecule has 0 aliphatic carbocycles. The van der Waals surface area contributed by atoms with Crippen LogP contribution in [0.25, 0.3) is 0 Å². The number of aliphatic carboxylic acids is 1. The first-order valence-electron chi connectivity index (χ1n) is 5.92. The summed E-state index contributed by atoms with van der Waals surface area (Å²) in [6.45, 7) is 2.74. The number of rotatable bonds is 7. The van der Waals surface area contributed by atoms with Crippen molar-refractivity contribution in [2.75, 3.05) is 26.2 Å². The number of carboxylic acid groups (broad SMARTS) is 1. The van der Waals surface area contributed by atoms with E-state index in [1.807, 2.05) is 0 Å². The lowest BCUT2D eigenvalue weighted by atomic mass is 10.1. The molecule has 1 rings (SSSR count). The molecule has 0 radical (unpaired) electrons. The van der Waals surface area contributed by atoms with E-state index in [2.05, 4.69) is 4.90 Å². The lowest BCUT2D eigenvalue weighted by molar-refractivity contribution is -0.138. The van der Waals surface area contributed by atoms with Gasteiger partial charge in [-0.25, -0.2) is 0 Å². The van der Waals surface area contributed by atoms with Crippen LogP contribution in [0, 0.1) is 0 Å². The fraction of sp³-hybridized carbons (Fsp3) is 0.818.